The number of carbonyl (C=O) groups is 2. The van der Waals surface area contributed by atoms with Gasteiger partial charge in [-0.1, -0.05) is 78.5 Å². The maximum atomic E-state index is 12.6. The van der Waals surface area contributed by atoms with E-state index in [0.29, 0.717) is 22.0 Å². The van der Waals surface area contributed by atoms with E-state index in [2.05, 4.69) is 5.32 Å². The van der Waals surface area contributed by atoms with Crippen LogP contribution in [0, 0.1) is 5.21 Å². The second kappa shape index (κ2) is 14.5. The number of hydrogen-bond acceptors (Lipinski definition) is 8. The van der Waals surface area contributed by atoms with Crippen molar-refractivity contribution in [2.75, 3.05) is 11.1 Å². The maximum Gasteiger partial charge on any atom is 0.303 e. The highest BCUT2D eigenvalue weighted by Crippen LogP contribution is 2.48. The summed E-state index contributed by atoms with van der Waals surface area (Å²) < 4.78 is 19.3. The van der Waals surface area contributed by atoms with Crippen LogP contribution >= 0.6 is 11.8 Å². The highest BCUT2D eigenvalue weighted by molar-refractivity contribution is 7.99. The number of nitrogens with zero attached hydrogens (tertiary/aromatic N) is 1. The molecule has 228 valence electrons. The number of amides is 1. The molecule has 1 aromatic heterocycles. The fourth-order valence-electron chi connectivity index (χ4n) is 5.15. The van der Waals surface area contributed by atoms with Crippen molar-refractivity contribution >= 4 is 29.3 Å². The summed E-state index contributed by atoms with van der Waals surface area (Å²) in [6.45, 7) is 2.69. The number of aromatic nitrogens is 1. The van der Waals surface area contributed by atoms with Gasteiger partial charge in [0.2, 0.25) is 0 Å². The highest BCUT2D eigenvalue weighted by atomic mass is 32.2. The predicted octanol–water partition coefficient (Wildman–Crippen LogP) is 5.43. The van der Waals surface area contributed by atoms with Crippen LogP contribution in [0.25, 0.3) is 0 Å². The molecule has 1 amide bonds. The second-order valence-electron chi connectivity index (χ2n) is 10.4. The first kappa shape index (κ1) is 31.2. The number of rotatable bonds is 10. The lowest BCUT2D eigenvalue weighted by atomic mass is 9.84. The number of thioether (sulfide) groups is 1. The molecule has 4 aromatic rings. The first-order valence-electron chi connectivity index (χ1n) is 14.3. The monoisotopic (exact) mass is 614 g/mol. The number of ether oxygens (including phenoxy) is 3. The van der Waals surface area contributed by atoms with Gasteiger partial charge in [-0.3, -0.25) is 9.59 Å². The van der Waals surface area contributed by atoms with Crippen LogP contribution in [-0.4, -0.2) is 34.9 Å². The molecule has 1 aliphatic heterocycles. The van der Waals surface area contributed by atoms with Crippen LogP contribution in [0.3, 0.4) is 0 Å². The molecule has 1 saturated heterocycles. The number of carbonyl (C=O) groups excluding carboxylic acids is 2. The zero-order chi connectivity index (χ0) is 31.1. The number of anilines is 1. The summed E-state index contributed by atoms with van der Waals surface area (Å²) in [5, 5.41) is 25.4. The quantitative estimate of drug-likeness (QED) is 0.105. The third-order valence-electron chi connectivity index (χ3n) is 7.29. The van der Waals surface area contributed by atoms with Crippen molar-refractivity contribution in [3.63, 3.8) is 0 Å². The van der Waals surface area contributed by atoms with Crippen LogP contribution in [0.2, 0.25) is 0 Å². The molecular formula is C34H34N2O7S. The summed E-state index contributed by atoms with van der Waals surface area (Å²) in [6.07, 6.45) is -1.11. The van der Waals surface area contributed by atoms with Crippen LogP contribution in [0.4, 0.5) is 5.69 Å². The lowest BCUT2D eigenvalue weighted by Crippen LogP contribution is -2.39. The molecule has 1 fully saturated rings. The van der Waals surface area contributed by atoms with E-state index in [9.17, 15) is 19.9 Å². The molecule has 0 saturated carbocycles. The van der Waals surface area contributed by atoms with Gasteiger partial charge in [0.15, 0.2) is 18.6 Å². The van der Waals surface area contributed by atoms with Gasteiger partial charge in [-0.2, -0.15) is 4.73 Å². The Morgan fingerprint density at radius 1 is 0.955 bits per heavy atom. The molecular weight excluding hydrogens is 580 g/mol. The molecule has 5 atom stereocenters. The van der Waals surface area contributed by atoms with Crippen LogP contribution in [0.5, 0.6) is 0 Å². The Balaban J connectivity index is 1.49. The fourth-order valence-corrected chi connectivity index (χ4v) is 6.14. The zero-order valence-electron chi connectivity index (χ0n) is 24.4. The van der Waals surface area contributed by atoms with E-state index in [-0.39, 0.29) is 18.6 Å². The topological polar surface area (TPSA) is 121 Å². The molecule has 0 radical (unpaired) electrons. The SMILES string of the molecule is CC(=O)OC(C)C(=O)Nc1cccc(C2OC(CSc3cccc[n+]3[O-])C(c3ccccc3)C(c3ccc(CO)cc3)O2)c1. The summed E-state index contributed by atoms with van der Waals surface area (Å²) in [7, 11) is 0. The smallest absolute Gasteiger partial charge is 0.303 e. The molecule has 44 heavy (non-hydrogen) atoms. The van der Waals surface area contributed by atoms with Crippen LogP contribution in [0.15, 0.2) is 108 Å². The molecule has 1 aliphatic rings. The Morgan fingerprint density at radius 2 is 1.68 bits per heavy atom. The largest absolute Gasteiger partial charge is 0.618 e. The maximum absolute atomic E-state index is 12.6. The molecule has 5 unspecified atom stereocenters. The number of aliphatic hydroxyl groups excluding tert-OH is 1. The Kier molecular flexibility index (Phi) is 10.3. The van der Waals surface area contributed by atoms with Gasteiger partial charge in [-0.15, -0.1) is 0 Å². The number of benzene rings is 3. The molecule has 5 rings (SSSR count). The van der Waals surface area contributed by atoms with Gasteiger partial charge in [-0.25, -0.2) is 0 Å². The van der Waals surface area contributed by atoms with Gasteiger partial charge in [-0.05, 0) is 41.8 Å². The number of hydrogen-bond donors (Lipinski definition) is 2. The zero-order valence-corrected chi connectivity index (χ0v) is 25.2. The second-order valence-corrected chi connectivity index (χ2v) is 11.5. The van der Waals surface area contributed by atoms with E-state index in [1.165, 1.54) is 31.8 Å². The van der Waals surface area contributed by atoms with Gasteiger partial charge in [0.1, 0.15) is 0 Å². The first-order chi connectivity index (χ1) is 21.3. The molecule has 9 nitrogen and oxygen atoms in total. The van der Waals surface area contributed by atoms with Gasteiger partial charge < -0.3 is 29.8 Å². The van der Waals surface area contributed by atoms with Gasteiger partial charge in [0.05, 0.1) is 18.8 Å². The van der Waals surface area contributed by atoms with E-state index in [1.807, 2.05) is 66.7 Å². The van der Waals surface area contributed by atoms with Crippen LogP contribution < -0.4 is 10.0 Å². The summed E-state index contributed by atoms with van der Waals surface area (Å²) in [5.41, 5.74) is 3.90. The van der Waals surface area contributed by atoms with Crippen molar-refractivity contribution in [3.05, 3.63) is 131 Å². The number of nitrogens with one attached hydrogen (secondary N) is 1. The minimum absolute atomic E-state index is 0.0697. The first-order valence-corrected chi connectivity index (χ1v) is 15.3. The third kappa shape index (κ3) is 7.64. The minimum Gasteiger partial charge on any atom is -0.618 e. The van der Waals surface area contributed by atoms with Crippen molar-refractivity contribution in [2.24, 2.45) is 0 Å². The van der Waals surface area contributed by atoms with Crippen molar-refractivity contribution in [2.45, 2.75) is 56.0 Å². The molecule has 2 N–H and O–H groups in total. The Bertz CT molecular complexity index is 1570. The van der Waals surface area contributed by atoms with E-state index >= 15 is 0 Å². The predicted molar refractivity (Wildman–Crippen MR) is 165 cm³/mol. The third-order valence-corrected chi connectivity index (χ3v) is 8.40. The van der Waals surface area contributed by atoms with Gasteiger partial charge in [0.25, 0.3) is 10.9 Å². The molecule has 2 heterocycles. The van der Waals surface area contributed by atoms with Crippen molar-refractivity contribution in [1.29, 1.82) is 0 Å². The van der Waals surface area contributed by atoms with E-state index < -0.39 is 30.4 Å². The van der Waals surface area contributed by atoms with Crippen molar-refractivity contribution < 1.29 is 33.6 Å². The lowest BCUT2D eigenvalue weighted by molar-refractivity contribution is -0.645. The fraction of sp³-hybridized carbons (Fsp3) is 0.265. The Hall–Kier alpha value is -4.22. The molecule has 0 spiro atoms. The molecule has 10 heteroatoms. The highest BCUT2D eigenvalue weighted by Gasteiger charge is 2.42. The lowest BCUT2D eigenvalue weighted by Gasteiger charge is -2.43. The average Bonchev–Trinajstić information content (AvgIpc) is 3.04. The van der Waals surface area contributed by atoms with Crippen molar-refractivity contribution in [3.8, 4) is 0 Å². The summed E-state index contributed by atoms with van der Waals surface area (Å²) in [5.74, 6) is -0.765. The van der Waals surface area contributed by atoms with Crippen LogP contribution in [0.1, 0.15) is 54.4 Å². The number of pyridine rings is 1. The standard InChI is InChI=1S/C34H34N2O7S/c1-22(41-23(2)38)33(39)35-28-12-8-11-27(19-28)34-42-29(21-44-30-13-6-7-18-36(30)40)31(25-9-4-3-5-10-25)32(43-34)26-16-14-24(20-37)15-17-26/h3-19,22,29,31-32,34,37H,20-21H2,1-2H3,(H,35,39). The van der Waals surface area contributed by atoms with Crippen molar-refractivity contribution in [1.82, 2.24) is 0 Å². The summed E-state index contributed by atoms with van der Waals surface area (Å²) in [4.78, 5) is 23.9. The molecule has 0 bridgehead atoms. The average molecular weight is 615 g/mol. The number of esters is 1. The normalized spacial score (nSPS) is 20.4. The number of aliphatic hydroxyl groups is 1. The van der Waals surface area contributed by atoms with Gasteiger partial charge in [0, 0.05) is 42.0 Å². The molecule has 0 aliphatic carbocycles. The molecule has 3 aromatic carbocycles. The Labute approximate surface area is 260 Å². The van der Waals surface area contributed by atoms with Gasteiger partial charge >= 0.3 is 5.97 Å². The minimum atomic E-state index is -0.959. The van der Waals surface area contributed by atoms with E-state index in [0.717, 1.165) is 21.4 Å². The van der Waals surface area contributed by atoms with Crippen LogP contribution in [-0.2, 0) is 30.4 Å². The van der Waals surface area contributed by atoms with E-state index in [4.69, 9.17) is 14.2 Å². The Morgan fingerprint density at radius 3 is 2.39 bits per heavy atom. The summed E-state index contributed by atoms with van der Waals surface area (Å²) >= 11 is 1.41. The van der Waals surface area contributed by atoms with E-state index in [1.54, 1.807) is 30.3 Å². The summed E-state index contributed by atoms with van der Waals surface area (Å²) in [6, 6.07) is 30.1.